The lowest BCUT2D eigenvalue weighted by Crippen LogP contribution is -1.88. The van der Waals surface area contributed by atoms with Crippen LogP contribution >= 0.6 is 0 Å². The topological polar surface area (TPSA) is 12.0 Å². The summed E-state index contributed by atoms with van der Waals surface area (Å²) in [5, 5.41) is 3.33. The summed E-state index contributed by atoms with van der Waals surface area (Å²) in [5.41, 5.74) is 3.53. The van der Waals surface area contributed by atoms with Crippen LogP contribution in [-0.2, 0) is 0 Å². The summed E-state index contributed by atoms with van der Waals surface area (Å²) in [6.07, 6.45) is 9.50. The minimum Gasteiger partial charge on any atom is -0.356 e. The van der Waals surface area contributed by atoms with E-state index in [-0.39, 0.29) is 0 Å². The Morgan fingerprint density at radius 1 is 0.652 bits per heavy atom. The highest BCUT2D eigenvalue weighted by molar-refractivity contribution is 5.59. The number of hydrogen-bond acceptors (Lipinski definition) is 1. The molecule has 0 fully saturated rings. The molecule has 0 radical (unpaired) electrons. The molecule has 3 rings (SSSR count). The van der Waals surface area contributed by atoms with Crippen LogP contribution in [0.25, 0.3) is 0 Å². The van der Waals surface area contributed by atoms with Crippen molar-refractivity contribution in [1.29, 1.82) is 0 Å². The highest BCUT2D eigenvalue weighted by atomic mass is 14.9. The second-order valence-corrected chi connectivity index (χ2v) is 4.45. The summed E-state index contributed by atoms with van der Waals surface area (Å²) in [6, 6.07) is 18.5. The third-order valence-electron chi connectivity index (χ3n) is 2.77. The van der Waals surface area contributed by atoms with E-state index < -0.39 is 0 Å². The minimum absolute atomic E-state index is 1.12. The zero-order valence-corrected chi connectivity index (χ0v) is 15.2. The molecule has 0 aliphatic heterocycles. The van der Waals surface area contributed by atoms with Crippen molar-refractivity contribution in [2.45, 2.75) is 41.0 Å². The molecule has 0 spiro atoms. The Morgan fingerprint density at radius 2 is 1.13 bits per heavy atom. The van der Waals surface area contributed by atoms with Gasteiger partial charge in [0.2, 0.25) is 0 Å². The van der Waals surface area contributed by atoms with Crippen molar-refractivity contribution < 1.29 is 0 Å². The lowest BCUT2D eigenvalue weighted by atomic mass is 10.2. The zero-order chi connectivity index (χ0) is 17.3. The van der Waals surface area contributed by atoms with Crippen LogP contribution in [0.1, 0.15) is 39.7 Å². The highest BCUT2D eigenvalue weighted by Gasteiger charge is 1.91. The molecule has 1 heteroatoms. The van der Waals surface area contributed by atoms with Crippen LogP contribution in [0.2, 0.25) is 0 Å². The van der Waals surface area contributed by atoms with Crippen molar-refractivity contribution in [3.63, 3.8) is 0 Å². The van der Waals surface area contributed by atoms with E-state index in [2.05, 4.69) is 72.9 Å². The maximum Gasteiger partial charge on any atom is 0.0384 e. The molecule has 0 saturated carbocycles. The van der Waals surface area contributed by atoms with Crippen LogP contribution in [-0.4, -0.2) is 0 Å². The lowest BCUT2D eigenvalue weighted by Gasteiger charge is -2.05. The number of para-hydroxylation sites is 1. The molecule has 2 aromatic rings. The van der Waals surface area contributed by atoms with E-state index >= 15 is 0 Å². The van der Waals surface area contributed by atoms with E-state index in [4.69, 9.17) is 0 Å². The summed E-state index contributed by atoms with van der Waals surface area (Å²) in [7, 11) is 0. The molecular weight excluding hydrogens is 278 g/mol. The molecule has 0 heterocycles. The van der Waals surface area contributed by atoms with Gasteiger partial charge in [-0.15, -0.1) is 0 Å². The molecule has 124 valence electrons. The Hall–Kier alpha value is -2.28. The predicted octanol–water partition coefficient (Wildman–Crippen LogP) is 7.29. The third-order valence-corrected chi connectivity index (χ3v) is 2.77. The average molecular weight is 309 g/mol. The van der Waals surface area contributed by atoms with Gasteiger partial charge < -0.3 is 5.32 Å². The second kappa shape index (κ2) is 14.6. The van der Waals surface area contributed by atoms with Crippen LogP contribution in [0.4, 0.5) is 11.4 Å². The number of aryl methyl sites for hydroxylation is 1. The molecule has 0 unspecified atom stereocenters. The van der Waals surface area contributed by atoms with Crippen molar-refractivity contribution >= 4 is 11.4 Å². The van der Waals surface area contributed by atoms with Crippen LogP contribution in [0.15, 0.2) is 78.9 Å². The molecule has 23 heavy (non-hydrogen) atoms. The van der Waals surface area contributed by atoms with E-state index in [9.17, 15) is 0 Å². The van der Waals surface area contributed by atoms with E-state index in [1.54, 1.807) is 0 Å². The number of rotatable bonds is 2. The zero-order valence-electron chi connectivity index (χ0n) is 15.2. The Morgan fingerprint density at radius 3 is 1.57 bits per heavy atom. The number of anilines is 2. The summed E-state index contributed by atoms with van der Waals surface area (Å²) < 4.78 is 0. The van der Waals surface area contributed by atoms with Crippen molar-refractivity contribution in [1.82, 2.24) is 0 Å². The minimum atomic E-state index is 1.12. The Labute approximate surface area is 142 Å². The van der Waals surface area contributed by atoms with Gasteiger partial charge >= 0.3 is 0 Å². The van der Waals surface area contributed by atoms with Gasteiger partial charge in [0.15, 0.2) is 0 Å². The van der Waals surface area contributed by atoms with Gasteiger partial charge in [0, 0.05) is 11.4 Å². The SMILES string of the molecule is C1=CCC=C1.CC.CC.Cc1ccc(Nc2ccccc2)cc1. The Kier molecular flexibility index (Phi) is 13.2. The van der Waals surface area contributed by atoms with E-state index in [0.717, 1.165) is 17.8 Å². The highest BCUT2D eigenvalue weighted by Crippen LogP contribution is 2.15. The third kappa shape index (κ3) is 10.1. The first-order chi connectivity index (χ1) is 11.3. The fourth-order valence-electron chi connectivity index (χ4n) is 1.72. The molecule has 1 aliphatic rings. The normalized spacial score (nSPS) is 10.3. The molecule has 1 N–H and O–H groups in total. The van der Waals surface area contributed by atoms with Gasteiger partial charge in [0.1, 0.15) is 0 Å². The van der Waals surface area contributed by atoms with E-state index in [0.29, 0.717) is 0 Å². The Bertz CT molecular complexity index is 526. The van der Waals surface area contributed by atoms with Crippen molar-refractivity contribution in [2.75, 3.05) is 5.32 Å². The molecule has 0 saturated heterocycles. The summed E-state index contributed by atoms with van der Waals surface area (Å²) in [4.78, 5) is 0. The van der Waals surface area contributed by atoms with Gasteiger partial charge in [-0.1, -0.05) is 87.9 Å². The van der Waals surface area contributed by atoms with E-state index in [1.807, 2.05) is 45.9 Å². The summed E-state index contributed by atoms with van der Waals surface area (Å²) in [5.74, 6) is 0. The van der Waals surface area contributed by atoms with Crippen LogP contribution in [0.5, 0.6) is 0 Å². The largest absolute Gasteiger partial charge is 0.356 e. The standard InChI is InChI=1S/C13H13N.C5H6.2C2H6/c1-11-7-9-13(10-8-11)14-12-5-3-2-4-6-12;1-2-4-5-3-1;2*1-2/h2-10,14H,1H3;1-4H,5H2;2*1-2H3. The molecule has 2 aromatic carbocycles. The molecule has 0 aromatic heterocycles. The number of benzene rings is 2. The van der Waals surface area contributed by atoms with Gasteiger partial charge in [-0.05, 0) is 37.6 Å². The van der Waals surface area contributed by atoms with Gasteiger partial charge in [0.25, 0.3) is 0 Å². The summed E-state index contributed by atoms with van der Waals surface area (Å²) >= 11 is 0. The van der Waals surface area contributed by atoms with Crippen molar-refractivity contribution in [3.8, 4) is 0 Å². The van der Waals surface area contributed by atoms with Gasteiger partial charge in [0.05, 0.1) is 0 Å². The summed E-state index contributed by atoms with van der Waals surface area (Å²) in [6.45, 7) is 10.1. The van der Waals surface area contributed by atoms with Gasteiger partial charge in [-0.3, -0.25) is 0 Å². The smallest absolute Gasteiger partial charge is 0.0384 e. The number of allylic oxidation sites excluding steroid dienone is 4. The molecular formula is C22H31N. The van der Waals surface area contributed by atoms with E-state index in [1.165, 1.54) is 5.56 Å². The average Bonchev–Trinajstić information content (AvgIpc) is 3.21. The van der Waals surface area contributed by atoms with Crippen LogP contribution < -0.4 is 5.32 Å². The predicted molar refractivity (Wildman–Crippen MR) is 106 cm³/mol. The second-order valence-electron chi connectivity index (χ2n) is 4.45. The Balaban J connectivity index is 0.000000449. The quantitative estimate of drug-likeness (QED) is 0.614. The fraction of sp³-hybridized carbons (Fsp3) is 0.273. The number of nitrogens with one attached hydrogen (secondary N) is 1. The molecule has 0 bridgehead atoms. The molecule has 1 nitrogen and oxygen atoms in total. The van der Waals surface area contributed by atoms with Crippen LogP contribution in [0, 0.1) is 6.92 Å². The van der Waals surface area contributed by atoms with Crippen LogP contribution in [0.3, 0.4) is 0 Å². The van der Waals surface area contributed by atoms with Crippen molar-refractivity contribution in [3.05, 3.63) is 84.5 Å². The monoisotopic (exact) mass is 309 g/mol. The first-order valence-corrected chi connectivity index (χ1v) is 8.55. The van der Waals surface area contributed by atoms with Gasteiger partial charge in [-0.25, -0.2) is 0 Å². The van der Waals surface area contributed by atoms with Gasteiger partial charge in [-0.2, -0.15) is 0 Å². The number of hydrogen-bond donors (Lipinski definition) is 1. The first kappa shape index (κ1) is 20.7. The molecule has 1 aliphatic carbocycles. The maximum atomic E-state index is 3.33. The van der Waals surface area contributed by atoms with Crippen molar-refractivity contribution in [2.24, 2.45) is 0 Å². The maximum absolute atomic E-state index is 3.33. The molecule has 0 amide bonds. The fourth-order valence-corrected chi connectivity index (χ4v) is 1.72. The molecule has 0 atom stereocenters. The lowest BCUT2D eigenvalue weighted by molar-refractivity contribution is 1.45. The first-order valence-electron chi connectivity index (χ1n) is 8.55.